The Labute approximate surface area is 137 Å². The molecule has 0 aromatic rings. The van der Waals surface area contributed by atoms with Crippen molar-refractivity contribution in [3.63, 3.8) is 0 Å². The Kier molecular flexibility index (Phi) is 11.1. The van der Waals surface area contributed by atoms with Gasteiger partial charge >= 0.3 is 5.97 Å². The fourth-order valence-electron chi connectivity index (χ4n) is 3.62. The van der Waals surface area contributed by atoms with E-state index < -0.39 is 0 Å². The van der Waals surface area contributed by atoms with Gasteiger partial charge in [-0.3, -0.25) is 0 Å². The molecule has 1 fully saturated rings. The predicted molar refractivity (Wildman–Crippen MR) is 93.8 cm³/mol. The van der Waals surface area contributed by atoms with Crippen molar-refractivity contribution in [1.82, 2.24) is 0 Å². The standard InChI is InChI=1S/C20H36O2/c1-3-20(21)22-17-13-8-6-4-5-7-10-14-18(2)19-15-11-9-12-16-19/h3,18-19H,1,4-17H2,2H3. The molecule has 2 heteroatoms. The first-order valence-corrected chi connectivity index (χ1v) is 9.53. The highest BCUT2D eigenvalue weighted by molar-refractivity contribution is 5.81. The van der Waals surface area contributed by atoms with Crippen LogP contribution in [0.15, 0.2) is 12.7 Å². The van der Waals surface area contributed by atoms with E-state index in [9.17, 15) is 4.79 Å². The van der Waals surface area contributed by atoms with E-state index in [0.717, 1.165) is 18.3 Å². The van der Waals surface area contributed by atoms with Crippen LogP contribution in [0.1, 0.15) is 90.4 Å². The van der Waals surface area contributed by atoms with E-state index in [1.165, 1.54) is 83.1 Å². The number of hydrogen-bond donors (Lipinski definition) is 0. The zero-order chi connectivity index (χ0) is 16.0. The maximum atomic E-state index is 10.8. The number of carbonyl (C=O) groups is 1. The number of unbranched alkanes of at least 4 members (excludes halogenated alkanes) is 6. The zero-order valence-electron chi connectivity index (χ0n) is 14.7. The van der Waals surface area contributed by atoms with Crippen LogP contribution in [0.4, 0.5) is 0 Å². The monoisotopic (exact) mass is 308 g/mol. The van der Waals surface area contributed by atoms with E-state index in [1.807, 2.05) is 0 Å². The topological polar surface area (TPSA) is 26.3 Å². The van der Waals surface area contributed by atoms with Crippen molar-refractivity contribution in [3.05, 3.63) is 12.7 Å². The Morgan fingerprint density at radius 3 is 2.27 bits per heavy atom. The highest BCUT2D eigenvalue weighted by Crippen LogP contribution is 2.32. The fourth-order valence-corrected chi connectivity index (χ4v) is 3.62. The summed E-state index contributed by atoms with van der Waals surface area (Å²) >= 11 is 0. The largest absolute Gasteiger partial charge is 0.463 e. The molecule has 128 valence electrons. The third kappa shape index (κ3) is 9.27. The molecule has 0 heterocycles. The zero-order valence-corrected chi connectivity index (χ0v) is 14.7. The van der Waals surface area contributed by atoms with E-state index in [2.05, 4.69) is 13.5 Å². The molecule has 22 heavy (non-hydrogen) atoms. The van der Waals surface area contributed by atoms with Gasteiger partial charge in [-0.25, -0.2) is 4.79 Å². The van der Waals surface area contributed by atoms with E-state index in [4.69, 9.17) is 4.74 Å². The third-order valence-corrected chi connectivity index (χ3v) is 5.17. The molecule has 1 saturated carbocycles. The lowest BCUT2D eigenvalue weighted by Gasteiger charge is -2.27. The molecule has 0 N–H and O–H groups in total. The molecule has 0 aromatic heterocycles. The molecule has 0 spiro atoms. The summed E-state index contributed by atoms with van der Waals surface area (Å²) in [6, 6.07) is 0. The molecule has 0 aliphatic heterocycles. The lowest BCUT2D eigenvalue weighted by Crippen LogP contribution is -2.15. The molecule has 1 atom stereocenters. The smallest absolute Gasteiger partial charge is 0.330 e. The maximum absolute atomic E-state index is 10.8. The van der Waals surface area contributed by atoms with Gasteiger partial charge in [0.25, 0.3) is 0 Å². The second-order valence-electron chi connectivity index (χ2n) is 7.01. The number of carbonyl (C=O) groups excluding carboxylic acids is 1. The van der Waals surface area contributed by atoms with Gasteiger partial charge in [-0.15, -0.1) is 0 Å². The summed E-state index contributed by atoms with van der Waals surface area (Å²) in [4.78, 5) is 10.8. The Hall–Kier alpha value is -0.790. The van der Waals surface area contributed by atoms with Crippen molar-refractivity contribution in [1.29, 1.82) is 0 Å². The summed E-state index contributed by atoms with van der Waals surface area (Å²) < 4.78 is 4.96. The molecule has 0 bridgehead atoms. The number of esters is 1. The Bertz CT molecular complexity index is 292. The lowest BCUT2D eigenvalue weighted by molar-refractivity contribution is -0.137. The Balaban J connectivity index is 1.83. The molecule has 0 saturated heterocycles. The first kappa shape index (κ1) is 19.3. The van der Waals surface area contributed by atoms with Gasteiger partial charge in [0.2, 0.25) is 0 Å². The van der Waals surface area contributed by atoms with Gasteiger partial charge in [-0.1, -0.05) is 90.6 Å². The molecule has 2 nitrogen and oxygen atoms in total. The summed E-state index contributed by atoms with van der Waals surface area (Å²) in [7, 11) is 0. The van der Waals surface area contributed by atoms with Crippen molar-refractivity contribution in [2.45, 2.75) is 90.4 Å². The average molecular weight is 309 g/mol. The maximum Gasteiger partial charge on any atom is 0.330 e. The van der Waals surface area contributed by atoms with Gasteiger partial charge in [-0.2, -0.15) is 0 Å². The molecule has 0 aromatic carbocycles. The summed E-state index contributed by atoms with van der Waals surface area (Å²) in [5.74, 6) is 1.67. The van der Waals surface area contributed by atoms with Gasteiger partial charge in [-0.05, 0) is 18.3 Å². The van der Waals surface area contributed by atoms with Crippen LogP contribution in [0.25, 0.3) is 0 Å². The average Bonchev–Trinajstić information content (AvgIpc) is 2.56. The van der Waals surface area contributed by atoms with E-state index in [1.54, 1.807) is 0 Å². The molecule has 0 amide bonds. The van der Waals surface area contributed by atoms with Gasteiger partial charge < -0.3 is 4.74 Å². The highest BCUT2D eigenvalue weighted by atomic mass is 16.5. The summed E-state index contributed by atoms with van der Waals surface area (Å²) in [5, 5.41) is 0. The molecular weight excluding hydrogens is 272 g/mol. The second-order valence-corrected chi connectivity index (χ2v) is 7.01. The van der Waals surface area contributed by atoms with Crippen molar-refractivity contribution >= 4 is 5.97 Å². The molecule has 1 rings (SSSR count). The quantitative estimate of drug-likeness (QED) is 0.249. The van der Waals surface area contributed by atoms with Crippen molar-refractivity contribution in [2.24, 2.45) is 11.8 Å². The van der Waals surface area contributed by atoms with Crippen LogP contribution in [0.3, 0.4) is 0 Å². The van der Waals surface area contributed by atoms with Crippen LogP contribution in [-0.2, 0) is 9.53 Å². The van der Waals surface area contributed by atoms with Gasteiger partial charge in [0, 0.05) is 6.08 Å². The summed E-state index contributed by atoms with van der Waals surface area (Å²) in [5.41, 5.74) is 0. The normalized spacial score (nSPS) is 17.1. The molecule has 1 aliphatic carbocycles. The van der Waals surface area contributed by atoms with Crippen LogP contribution in [0, 0.1) is 11.8 Å². The van der Waals surface area contributed by atoms with Crippen LogP contribution >= 0.6 is 0 Å². The Morgan fingerprint density at radius 1 is 1.05 bits per heavy atom. The third-order valence-electron chi connectivity index (χ3n) is 5.17. The minimum atomic E-state index is -0.299. The summed E-state index contributed by atoms with van der Waals surface area (Å²) in [6.07, 6.45) is 19.0. The van der Waals surface area contributed by atoms with E-state index in [-0.39, 0.29) is 5.97 Å². The minimum absolute atomic E-state index is 0.299. The molecular formula is C20H36O2. The first-order chi connectivity index (χ1) is 10.7. The number of hydrogen-bond acceptors (Lipinski definition) is 2. The molecule has 1 aliphatic rings. The Morgan fingerprint density at radius 2 is 1.64 bits per heavy atom. The van der Waals surface area contributed by atoms with Crippen LogP contribution in [-0.4, -0.2) is 12.6 Å². The van der Waals surface area contributed by atoms with Crippen LogP contribution < -0.4 is 0 Å². The van der Waals surface area contributed by atoms with Crippen molar-refractivity contribution in [3.8, 4) is 0 Å². The number of ether oxygens (including phenoxy) is 1. The molecule has 0 radical (unpaired) electrons. The second kappa shape index (κ2) is 12.7. The van der Waals surface area contributed by atoms with Gasteiger partial charge in [0.15, 0.2) is 0 Å². The van der Waals surface area contributed by atoms with E-state index >= 15 is 0 Å². The van der Waals surface area contributed by atoms with Gasteiger partial charge in [0.05, 0.1) is 6.61 Å². The van der Waals surface area contributed by atoms with E-state index in [0.29, 0.717) is 6.61 Å². The first-order valence-electron chi connectivity index (χ1n) is 9.53. The molecule has 1 unspecified atom stereocenters. The highest BCUT2D eigenvalue weighted by Gasteiger charge is 2.19. The fraction of sp³-hybridized carbons (Fsp3) is 0.850. The lowest BCUT2D eigenvalue weighted by atomic mass is 9.79. The van der Waals surface area contributed by atoms with Crippen molar-refractivity contribution in [2.75, 3.05) is 6.61 Å². The predicted octanol–water partition coefficient (Wildman–Crippen LogP) is 6.05. The van der Waals surface area contributed by atoms with Crippen LogP contribution in [0.2, 0.25) is 0 Å². The van der Waals surface area contributed by atoms with Gasteiger partial charge in [0.1, 0.15) is 0 Å². The number of rotatable bonds is 12. The minimum Gasteiger partial charge on any atom is -0.463 e. The summed E-state index contributed by atoms with van der Waals surface area (Å²) in [6.45, 7) is 6.40. The SMILES string of the molecule is C=CC(=O)OCCCCCCCCCC(C)C1CCCCC1. The van der Waals surface area contributed by atoms with Crippen LogP contribution in [0.5, 0.6) is 0 Å². The van der Waals surface area contributed by atoms with Crippen molar-refractivity contribution < 1.29 is 9.53 Å².